The Morgan fingerprint density at radius 1 is 0.968 bits per heavy atom. The lowest BCUT2D eigenvalue weighted by molar-refractivity contribution is 0.0646. The van der Waals surface area contributed by atoms with Gasteiger partial charge in [0.25, 0.3) is 0 Å². The van der Waals surface area contributed by atoms with Crippen molar-refractivity contribution in [2.24, 2.45) is 4.99 Å². The Morgan fingerprint density at radius 3 is 2.39 bits per heavy atom. The van der Waals surface area contributed by atoms with Crippen LogP contribution in [0, 0.1) is 0 Å². The van der Waals surface area contributed by atoms with E-state index in [0.717, 1.165) is 37.7 Å². The SMILES string of the molecule is CCNC(=NCc1ccc(NCCOC)cc1)NCCCOC(C)c1ccccc1.I. The molecule has 2 aromatic carbocycles. The first-order valence-electron chi connectivity index (χ1n) is 10.7. The van der Waals surface area contributed by atoms with Crippen molar-refractivity contribution in [3.8, 4) is 0 Å². The summed E-state index contributed by atoms with van der Waals surface area (Å²) in [6.07, 6.45) is 1.03. The summed E-state index contributed by atoms with van der Waals surface area (Å²) < 4.78 is 11.0. The monoisotopic (exact) mass is 540 g/mol. The average Bonchev–Trinajstić information content (AvgIpc) is 2.78. The van der Waals surface area contributed by atoms with Crippen LogP contribution in [0.4, 0.5) is 5.69 Å². The minimum absolute atomic E-state index is 0. The van der Waals surface area contributed by atoms with E-state index in [0.29, 0.717) is 19.8 Å². The summed E-state index contributed by atoms with van der Waals surface area (Å²) in [5, 5.41) is 10.00. The van der Waals surface area contributed by atoms with Crippen molar-refractivity contribution in [1.29, 1.82) is 0 Å². The minimum Gasteiger partial charge on any atom is -0.383 e. The standard InChI is InChI=1S/C24H36N4O2.HI/c1-4-25-24(27-15-8-17-30-20(2)22-9-6-5-7-10-22)28-19-21-11-13-23(14-12-21)26-16-18-29-3;/h5-7,9-14,20,26H,4,8,15-19H2,1-3H3,(H2,25,27,28);1H. The van der Waals surface area contributed by atoms with E-state index in [9.17, 15) is 0 Å². The van der Waals surface area contributed by atoms with E-state index in [-0.39, 0.29) is 30.1 Å². The quantitative estimate of drug-likeness (QED) is 0.150. The number of hydrogen-bond donors (Lipinski definition) is 3. The lowest BCUT2D eigenvalue weighted by Crippen LogP contribution is -2.38. The number of rotatable bonds is 13. The number of nitrogens with one attached hydrogen (secondary N) is 3. The Balaban J connectivity index is 0.00000480. The van der Waals surface area contributed by atoms with E-state index in [1.165, 1.54) is 11.1 Å². The number of halogens is 1. The summed E-state index contributed by atoms with van der Waals surface area (Å²) in [5.74, 6) is 0.830. The Morgan fingerprint density at radius 2 is 1.71 bits per heavy atom. The highest BCUT2D eigenvalue weighted by Crippen LogP contribution is 2.15. The third-order valence-corrected chi connectivity index (χ3v) is 4.60. The third kappa shape index (κ3) is 11.4. The maximum atomic E-state index is 5.93. The third-order valence-electron chi connectivity index (χ3n) is 4.60. The number of anilines is 1. The van der Waals surface area contributed by atoms with Gasteiger partial charge in [-0.2, -0.15) is 0 Å². The van der Waals surface area contributed by atoms with Crippen LogP contribution in [0.15, 0.2) is 59.6 Å². The maximum Gasteiger partial charge on any atom is 0.191 e. The van der Waals surface area contributed by atoms with Gasteiger partial charge in [-0.05, 0) is 43.5 Å². The first kappa shape index (κ1) is 27.2. The van der Waals surface area contributed by atoms with Gasteiger partial charge in [0.05, 0.1) is 19.3 Å². The van der Waals surface area contributed by atoms with Gasteiger partial charge in [0.15, 0.2) is 5.96 Å². The highest BCUT2D eigenvalue weighted by Gasteiger charge is 2.04. The Bertz CT molecular complexity index is 726. The number of aliphatic imine (C=N–C) groups is 1. The molecule has 0 aliphatic heterocycles. The molecule has 172 valence electrons. The zero-order chi connectivity index (χ0) is 21.4. The summed E-state index contributed by atoms with van der Waals surface area (Å²) in [5.41, 5.74) is 3.47. The minimum atomic E-state index is 0. The molecule has 0 aliphatic rings. The fourth-order valence-electron chi connectivity index (χ4n) is 2.90. The van der Waals surface area contributed by atoms with Crippen molar-refractivity contribution in [3.05, 3.63) is 65.7 Å². The van der Waals surface area contributed by atoms with Gasteiger partial charge in [-0.15, -0.1) is 24.0 Å². The lowest BCUT2D eigenvalue weighted by atomic mass is 10.1. The molecule has 0 saturated carbocycles. The van der Waals surface area contributed by atoms with Crippen molar-refractivity contribution in [3.63, 3.8) is 0 Å². The first-order chi connectivity index (χ1) is 14.7. The van der Waals surface area contributed by atoms with Crippen LogP contribution in [0.2, 0.25) is 0 Å². The number of methoxy groups -OCH3 is 1. The molecular weight excluding hydrogens is 503 g/mol. The fraction of sp³-hybridized carbons (Fsp3) is 0.458. The summed E-state index contributed by atoms with van der Waals surface area (Å²) in [4.78, 5) is 4.68. The van der Waals surface area contributed by atoms with Crippen LogP contribution < -0.4 is 16.0 Å². The van der Waals surface area contributed by atoms with Crippen LogP contribution >= 0.6 is 24.0 Å². The molecule has 0 fully saturated rings. The Hall–Kier alpha value is -1.84. The number of guanidine groups is 1. The van der Waals surface area contributed by atoms with Crippen molar-refractivity contribution < 1.29 is 9.47 Å². The van der Waals surface area contributed by atoms with Crippen LogP contribution in [0.5, 0.6) is 0 Å². The molecule has 0 spiro atoms. The van der Waals surface area contributed by atoms with Gasteiger partial charge < -0.3 is 25.4 Å². The van der Waals surface area contributed by atoms with Gasteiger partial charge in [0.1, 0.15) is 0 Å². The molecule has 1 unspecified atom stereocenters. The summed E-state index contributed by atoms with van der Waals surface area (Å²) in [6.45, 7) is 8.64. The van der Waals surface area contributed by atoms with Crippen LogP contribution in [-0.2, 0) is 16.0 Å². The highest BCUT2D eigenvalue weighted by molar-refractivity contribution is 14.0. The molecule has 0 amide bonds. The van der Waals surface area contributed by atoms with Crippen molar-refractivity contribution in [1.82, 2.24) is 10.6 Å². The first-order valence-corrected chi connectivity index (χ1v) is 10.7. The molecular formula is C24H37IN4O2. The Kier molecular flexibility index (Phi) is 14.7. The molecule has 0 heterocycles. The second kappa shape index (κ2) is 16.8. The number of ether oxygens (including phenoxy) is 2. The van der Waals surface area contributed by atoms with E-state index >= 15 is 0 Å². The smallest absolute Gasteiger partial charge is 0.191 e. The lowest BCUT2D eigenvalue weighted by Gasteiger charge is -2.14. The average molecular weight is 540 g/mol. The second-order valence-corrected chi connectivity index (χ2v) is 7.02. The molecule has 31 heavy (non-hydrogen) atoms. The zero-order valence-electron chi connectivity index (χ0n) is 18.9. The Labute approximate surface area is 204 Å². The van der Waals surface area contributed by atoms with Gasteiger partial charge in [0.2, 0.25) is 0 Å². The molecule has 7 heteroatoms. The number of nitrogens with zero attached hydrogens (tertiary/aromatic N) is 1. The maximum absolute atomic E-state index is 5.93. The van der Waals surface area contributed by atoms with Crippen LogP contribution in [0.1, 0.15) is 37.5 Å². The normalized spacial score (nSPS) is 12.0. The van der Waals surface area contributed by atoms with E-state index in [1.54, 1.807) is 7.11 Å². The van der Waals surface area contributed by atoms with Crippen LogP contribution in [0.3, 0.4) is 0 Å². The van der Waals surface area contributed by atoms with E-state index in [2.05, 4.69) is 71.2 Å². The molecule has 0 saturated heterocycles. The highest BCUT2D eigenvalue weighted by atomic mass is 127. The van der Waals surface area contributed by atoms with Gasteiger partial charge in [-0.1, -0.05) is 42.5 Å². The van der Waals surface area contributed by atoms with Gasteiger partial charge in [0, 0.05) is 39.0 Å². The molecule has 3 N–H and O–H groups in total. The van der Waals surface area contributed by atoms with E-state index in [1.807, 2.05) is 18.2 Å². The largest absolute Gasteiger partial charge is 0.383 e. The van der Waals surface area contributed by atoms with Crippen molar-refractivity contribution in [2.45, 2.75) is 32.9 Å². The summed E-state index contributed by atoms with van der Waals surface area (Å²) in [6, 6.07) is 18.7. The predicted octanol–water partition coefficient (Wildman–Crippen LogP) is 4.59. The van der Waals surface area contributed by atoms with E-state index < -0.39 is 0 Å². The van der Waals surface area contributed by atoms with Crippen LogP contribution in [-0.4, -0.2) is 45.9 Å². The van der Waals surface area contributed by atoms with E-state index in [4.69, 9.17) is 9.47 Å². The van der Waals surface area contributed by atoms with Crippen LogP contribution in [0.25, 0.3) is 0 Å². The van der Waals surface area contributed by atoms with Gasteiger partial charge in [-0.3, -0.25) is 0 Å². The fourth-order valence-corrected chi connectivity index (χ4v) is 2.90. The number of benzene rings is 2. The molecule has 1 atom stereocenters. The van der Waals surface area contributed by atoms with Crippen molar-refractivity contribution in [2.75, 3.05) is 45.3 Å². The topological polar surface area (TPSA) is 66.9 Å². The molecule has 0 aromatic heterocycles. The molecule has 2 rings (SSSR count). The zero-order valence-corrected chi connectivity index (χ0v) is 21.2. The second-order valence-electron chi connectivity index (χ2n) is 7.02. The summed E-state index contributed by atoms with van der Waals surface area (Å²) >= 11 is 0. The van der Waals surface area contributed by atoms with Crippen molar-refractivity contribution >= 4 is 35.6 Å². The molecule has 0 aliphatic carbocycles. The predicted molar refractivity (Wildman–Crippen MR) is 140 cm³/mol. The number of hydrogen-bond acceptors (Lipinski definition) is 4. The molecule has 0 radical (unpaired) electrons. The van der Waals surface area contributed by atoms with Gasteiger partial charge in [-0.25, -0.2) is 4.99 Å². The molecule has 2 aromatic rings. The molecule has 6 nitrogen and oxygen atoms in total. The summed E-state index contributed by atoms with van der Waals surface area (Å²) in [7, 11) is 1.71. The van der Waals surface area contributed by atoms with Gasteiger partial charge >= 0.3 is 0 Å². The molecule has 0 bridgehead atoms.